The number of likely N-dealkylation sites (N-methyl/N-ethyl adjacent to an activating group) is 1. The number of hydrogen-bond donors (Lipinski definition) is 3. The van der Waals surface area contributed by atoms with Gasteiger partial charge in [-0.3, -0.25) is 9.59 Å². The number of rotatable bonds is 13. The molecule has 0 aromatic heterocycles. The molecule has 9 nitrogen and oxygen atoms in total. The fraction of sp³-hybridized carbons (Fsp3) is 0.320. The largest absolute Gasteiger partial charge is 0.635 e. The van der Waals surface area contributed by atoms with Gasteiger partial charge in [0.2, 0.25) is 5.91 Å². The van der Waals surface area contributed by atoms with Gasteiger partial charge < -0.3 is 29.7 Å². The van der Waals surface area contributed by atoms with Crippen molar-refractivity contribution in [2.45, 2.75) is 32.9 Å². The molecule has 2 rings (SSSR count). The summed E-state index contributed by atoms with van der Waals surface area (Å²) in [6, 6.07) is 18.0. The first-order valence-electron chi connectivity index (χ1n) is 11.3. The number of carbonyl (C=O) groups is 2. The van der Waals surface area contributed by atoms with Gasteiger partial charge in [-0.2, -0.15) is 5.26 Å². The summed E-state index contributed by atoms with van der Waals surface area (Å²) in [6.45, 7) is 4.77. The average Bonchev–Trinajstić information content (AvgIpc) is 2.83. The minimum Gasteiger partial charge on any atom is -0.493 e. The minimum absolute atomic E-state index is 0.000131. The van der Waals surface area contributed by atoms with Crippen LogP contribution < -0.4 is 10.1 Å². The molecule has 0 bridgehead atoms. The molecule has 2 aromatic rings. The van der Waals surface area contributed by atoms with Gasteiger partial charge in [0.05, 0.1) is 13.0 Å². The maximum absolute atomic E-state index is 12.5. The molecule has 184 valence electrons. The van der Waals surface area contributed by atoms with E-state index >= 15 is 0 Å². The predicted octanol–water partition coefficient (Wildman–Crippen LogP) is 1.90. The van der Waals surface area contributed by atoms with Crippen LogP contribution in [0.4, 0.5) is 0 Å². The average molecular weight is 479 g/mol. The molecular formula is C25H30BN3O6. The van der Waals surface area contributed by atoms with Crippen LogP contribution in [0.15, 0.2) is 60.2 Å². The first-order chi connectivity index (χ1) is 16.9. The van der Waals surface area contributed by atoms with Crippen LogP contribution in [-0.2, 0) is 20.7 Å². The molecule has 2 aromatic carbocycles. The van der Waals surface area contributed by atoms with Crippen LogP contribution in [0.2, 0.25) is 0 Å². The monoisotopic (exact) mass is 479 g/mol. The molecule has 0 unspecified atom stereocenters. The van der Waals surface area contributed by atoms with Gasteiger partial charge in [0.15, 0.2) is 0 Å². The van der Waals surface area contributed by atoms with E-state index in [4.69, 9.17) is 19.4 Å². The lowest BCUT2D eigenvalue weighted by Crippen LogP contribution is -2.42. The Bertz CT molecular complexity index is 1030. The molecule has 0 saturated heterocycles. The van der Waals surface area contributed by atoms with Crippen molar-refractivity contribution in [1.29, 1.82) is 5.26 Å². The van der Waals surface area contributed by atoms with Crippen molar-refractivity contribution in [3.8, 4) is 11.8 Å². The van der Waals surface area contributed by atoms with Gasteiger partial charge in [0.1, 0.15) is 23.6 Å². The van der Waals surface area contributed by atoms with E-state index in [0.29, 0.717) is 24.4 Å². The molecule has 0 saturated carbocycles. The van der Waals surface area contributed by atoms with Gasteiger partial charge in [-0.1, -0.05) is 42.5 Å². The lowest BCUT2D eigenvalue weighted by atomic mass is 10.1. The Morgan fingerprint density at radius 2 is 1.86 bits per heavy atom. The Morgan fingerprint density at radius 1 is 1.14 bits per heavy atom. The zero-order valence-electron chi connectivity index (χ0n) is 19.9. The van der Waals surface area contributed by atoms with Gasteiger partial charge in [-0.15, -0.1) is 0 Å². The van der Waals surface area contributed by atoms with Crippen LogP contribution in [0.25, 0.3) is 6.08 Å². The molecule has 2 amide bonds. The van der Waals surface area contributed by atoms with E-state index < -0.39 is 13.5 Å². The third kappa shape index (κ3) is 9.63. The molecule has 35 heavy (non-hydrogen) atoms. The van der Waals surface area contributed by atoms with Crippen LogP contribution in [-0.4, -0.2) is 60.0 Å². The quantitative estimate of drug-likeness (QED) is 0.173. The zero-order valence-corrected chi connectivity index (χ0v) is 19.9. The van der Waals surface area contributed by atoms with E-state index in [2.05, 4.69) is 5.32 Å². The van der Waals surface area contributed by atoms with Gasteiger partial charge in [-0.25, -0.2) is 0 Å². The Morgan fingerprint density at radius 3 is 2.49 bits per heavy atom. The maximum Gasteiger partial charge on any atom is 0.635 e. The number of carbonyl (C=O) groups excluding carboxylic acids is 2. The molecule has 0 heterocycles. The van der Waals surface area contributed by atoms with Crippen molar-refractivity contribution in [2.75, 3.05) is 19.7 Å². The van der Waals surface area contributed by atoms with Crippen LogP contribution in [0, 0.1) is 11.3 Å². The predicted molar refractivity (Wildman–Crippen MR) is 131 cm³/mol. The molecule has 0 aliphatic rings. The van der Waals surface area contributed by atoms with Crippen molar-refractivity contribution >= 4 is 25.2 Å². The van der Waals surface area contributed by atoms with Crippen molar-refractivity contribution in [1.82, 2.24) is 10.2 Å². The van der Waals surface area contributed by atoms with Crippen LogP contribution in [0.3, 0.4) is 0 Å². The SMILES string of the molecule is CCN(CC)C(=O)C(C#N)=Cc1cccc(OCCC(=O)N[C@@H](Cc2ccccc2)OB(O)O)c1. The Balaban J connectivity index is 1.94. The van der Waals surface area contributed by atoms with Gasteiger partial charge in [-0.05, 0) is 43.2 Å². The normalized spacial score (nSPS) is 11.8. The highest BCUT2D eigenvalue weighted by Gasteiger charge is 2.20. The second kappa shape index (κ2) is 14.6. The number of nitrogens with zero attached hydrogens (tertiary/aromatic N) is 2. The molecule has 10 heteroatoms. The molecule has 0 aliphatic heterocycles. The molecule has 0 spiro atoms. The highest BCUT2D eigenvalue weighted by atomic mass is 16.6. The van der Waals surface area contributed by atoms with E-state index in [1.807, 2.05) is 50.2 Å². The van der Waals surface area contributed by atoms with E-state index in [1.54, 1.807) is 29.2 Å². The van der Waals surface area contributed by atoms with Gasteiger partial charge >= 0.3 is 7.32 Å². The van der Waals surface area contributed by atoms with Crippen molar-refractivity contribution in [2.24, 2.45) is 0 Å². The summed E-state index contributed by atoms with van der Waals surface area (Å²) in [5, 5.41) is 30.3. The third-order valence-corrected chi connectivity index (χ3v) is 5.04. The molecule has 0 fully saturated rings. The topological polar surface area (TPSA) is 132 Å². The fourth-order valence-corrected chi connectivity index (χ4v) is 3.31. The molecule has 3 N–H and O–H groups in total. The van der Waals surface area contributed by atoms with Crippen LogP contribution in [0.5, 0.6) is 5.75 Å². The number of nitriles is 1. The summed E-state index contributed by atoms with van der Waals surface area (Å²) in [6.07, 6.45) is 0.838. The summed E-state index contributed by atoms with van der Waals surface area (Å²) in [5.74, 6) is -0.248. The number of benzene rings is 2. The second-order valence-electron chi connectivity index (χ2n) is 7.53. The number of ether oxygens (including phenoxy) is 1. The van der Waals surface area contributed by atoms with Crippen molar-refractivity contribution in [3.63, 3.8) is 0 Å². The number of hydrogen-bond acceptors (Lipinski definition) is 7. The maximum atomic E-state index is 12.5. The first kappa shape index (κ1) is 27.6. The fourth-order valence-electron chi connectivity index (χ4n) is 3.31. The summed E-state index contributed by atoms with van der Waals surface area (Å²) in [5.41, 5.74) is 1.51. The summed E-state index contributed by atoms with van der Waals surface area (Å²) in [4.78, 5) is 26.4. The van der Waals surface area contributed by atoms with Crippen LogP contribution in [0.1, 0.15) is 31.4 Å². The Labute approximate surface area is 205 Å². The van der Waals surface area contributed by atoms with Gasteiger partial charge in [0.25, 0.3) is 5.91 Å². The van der Waals surface area contributed by atoms with E-state index in [9.17, 15) is 14.9 Å². The Kier molecular flexibility index (Phi) is 11.5. The van der Waals surface area contributed by atoms with E-state index in [1.165, 1.54) is 6.08 Å². The van der Waals surface area contributed by atoms with E-state index in [-0.39, 0.29) is 36.8 Å². The smallest absolute Gasteiger partial charge is 0.493 e. The van der Waals surface area contributed by atoms with Crippen LogP contribution >= 0.6 is 0 Å². The van der Waals surface area contributed by atoms with Crippen molar-refractivity contribution in [3.05, 3.63) is 71.3 Å². The molecule has 0 aliphatic carbocycles. The second-order valence-corrected chi connectivity index (χ2v) is 7.53. The number of amides is 2. The lowest BCUT2D eigenvalue weighted by Gasteiger charge is -2.19. The summed E-state index contributed by atoms with van der Waals surface area (Å²) < 4.78 is 10.6. The molecular weight excluding hydrogens is 449 g/mol. The zero-order chi connectivity index (χ0) is 25.6. The highest BCUT2D eigenvalue weighted by molar-refractivity contribution is 6.32. The molecule has 1 atom stereocenters. The summed E-state index contributed by atoms with van der Waals surface area (Å²) in [7, 11) is -2.03. The highest BCUT2D eigenvalue weighted by Crippen LogP contribution is 2.17. The molecule has 0 radical (unpaired) electrons. The summed E-state index contributed by atoms with van der Waals surface area (Å²) >= 11 is 0. The van der Waals surface area contributed by atoms with Gasteiger partial charge in [0, 0.05) is 19.5 Å². The first-order valence-corrected chi connectivity index (χ1v) is 11.3. The van der Waals surface area contributed by atoms with Crippen molar-refractivity contribution < 1.29 is 29.0 Å². The van der Waals surface area contributed by atoms with E-state index in [0.717, 1.165) is 5.56 Å². The number of nitrogens with one attached hydrogen (secondary N) is 1. The third-order valence-electron chi connectivity index (χ3n) is 5.04. The lowest BCUT2D eigenvalue weighted by molar-refractivity contribution is -0.126. The standard InChI is InChI=1S/C25H30BN3O6/c1-3-29(4-2)25(31)21(18-27)15-20-11-8-12-22(16-20)34-14-13-23(30)28-24(35-26(32)33)17-19-9-6-5-7-10-19/h5-12,15-16,24,32-33H,3-4,13-14,17H2,1-2H3,(H,28,30)/t24-/m1/s1. The minimum atomic E-state index is -2.03. The Hall–Kier alpha value is -3.65.